The van der Waals surface area contributed by atoms with Crippen molar-refractivity contribution in [1.29, 1.82) is 0 Å². The second-order valence-electron chi connectivity index (χ2n) is 4.22. The maximum absolute atomic E-state index is 11.5. The van der Waals surface area contributed by atoms with E-state index in [1.54, 1.807) is 0 Å². The van der Waals surface area contributed by atoms with Gasteiger partial charge in [-0.1, -0.05) is 31.4 Å². The third-order valence-corrected chi connectivity index (χ3v) is 2.92. The van der Waals surface area contributed by atoms with E-state index in [2.05, 4.69) is 5.32 Å². The second kappa shape index (κ2) is 7.46. The van der Waals surface area contributed by atoms with Gasteiger partial charge in [0.15, 0.2) is 0 Å². The largest absolute Gasteiger partial charge is 0.353 e. The van der Waals surface area contributed by atoms with Crippen molar-refractivity contribution in [2.45, 2.75) is 38.5 Å². The average molecular weight is 210 g/mol. The van der Waals surface area contributed by atoms with Crippen molar-refractivity contribution in [2.24, 2.45) is 11.7 Å². The Balaban J connectivity index is 2.09. The molecule has 0 unspecified atom stereocenters. The van der Waals surface area contributed by atoms with Gasteiger partial charge in [-0.2, -0.15) is 0 Å². The Morgan fingerprint density at radius 3 is 2.67 bits per heavy atom. The van der Waals surface area contributed by atoms with Crippen LogP contribution in [0.15, 0.2) is 12.2 Å². The predicted molar refractivity (Wildman–Crippen MR) is 62.4 cm³/mol. The van der Waals surface area contributed by atoms with Crippen LogP contribution in [0.3, 0.4) is 0 Å². The summed E-state index contributed by atoms with van der Waals surface area (Å²) in [5.74, 6) is 0.806. The normalized spacial score (nSPS) is 18.2. The van der Waals surface area contributed by atoms with Gasteiger partial charge in [-0.15, -0.1) is 0 Å². The molecule has 0 aromatic carbocycles. The predicted octanol–water partition coefficient (Wildman–Crippen LogP) is 1.59. The standard InChI is InChI=1S/C12H22N2O/c13-8-4-5-9-14-12(15)10-11-6-2-1-3-7-11/h4-5,11H,1-3,6-10,13H2,(H,14,15)/b5-4+. The fourth-order valence-corrected chi connectivity index (χ4v) is 2.08. The summed E-state index contributed by atoms with van der Waals surface area (Å²) in [4.78, 5) is 11.5. The van der Waals surface area contributed by atoms with Crippen LogP contribution in [0.4, 0.5) is 0 Å². The Hall–Kier alpha value is -0.830. The van der Waals surface area contributed by atoms with E-state index in [-0.39, 0.29) is 5.91 Å². The van der Waals surface area contributed by atoms with Crippen LogP contribution in [0, 0.1) is 5.92 Å². The lowest BCUT2D eigenvalue weighted by atomic mass is 9.87. The van der Waals surface area contributed by atoms with Crippen molar-refractivity contribution in [1.82, 2.24) is 5.32 Å². The quantitative estimate of drug-likeness (QED) is 0.677. The molecule has 0 spiro atoms. The zero-order valence-corrected chi connectivity index (χ0v) is 9.37. The van der Waals surface area contributed by atoms with Crippen LogP contribution in [0.5, 0.6) is 0 Å². The van der Waals surface area contributed by atoms with E-state index in [9.17, 15) is 4.79 Å². The lowest BCUT2D eigenvalue weighted by Crippen LogP contribution is -2.26. The summed E-state index contributed by atoms with van der Waals surface area (Å²) >= 11 is 0. The molecule has 86 valence electrons. The van der Waals surface area contributed by atoms with Gasteiger partial charge < -0.3 is 11.1 Å². The molecule has 0 saturated heterocycles. The molecule has 1 fully saturated rings. The molecule has 0 atom stereocenters. The van der Waals surface area contributed by atoms with Gasteiger partial charge in [-0.05, 0) is 18.8 Å². The molecule has 15 heavy (non-hydrogen) atoms. The minimum Gasteiger partial charge on any atom is -0.353 e. The first-order chi connectivity index (χ1) is 7.33. The monoisotopic (exact) mass is 210 g/mol. The van der Waals surface area contributed by atoms with Crippen LogP contribution in [-0.2, 0) is 4.79 Å². The molecule has 1 rings (SSSR count). The molecule has 0 bridgehead atoms. The summed E-state index contributed by atoms with van der Waals surface area (Å²) in [6.45, 7) is 1.15. The maximum atomic E-state index is 11.5. The van der Waals surface area contributed by atoms with Gasteiger partial charge in [0.25, 0.3) is 0 Å². The number of nitrogens with one attached hydrogen (secondary N) is 1. The molecular formula is C12H22N2O. The number of rotatable bonds is 5. The van der Waals surface area contributed by atoms with Crippen molar-refractivity contribution in [3.8, 4) is 0 Å². The molecular weight excluding hydrogens is 188 g/mol. The third-order valence-electron chi connectivity index (χ3n) is 2.92. The highest BCUT2D eigenvalue weighted by atomic mass is 16.1. The van der Waals surface area contributed by atoms with Crippen LogP contribution >= 0.6 is 0 Å². The van der Waals surface area contributed by atoms with Crippen molar-refractivity contribution >= 4 is 5.91 Å². The van der Waals surface area contributed by atoms with Gasteiger partial charge in [-0.25, -0.2) is 0 Å². The van der Waals surface area contributed by atoms with Crippen molar-refractivity contribution < 1.29 is 4.79 Å². The molecule has 3 N–H and O–H groups in total. The van der Waals surface area contributed by atoms with E-state index in [4.69, 9.17) is 5.73 Å². The summed E-state index contributed by atoms with van der Waals surface area (Å²) in [5.41, 5.74) is 5.30. The second-order valence-corrected chi connectivity index (χ2v) is 4.22. The maximum Gasteiger partial charge on any atom is 0.220 e. The molecule has 0 aromatic rings. The summed E-state index contributed by atoms with van der Waals surface area (Å²) in [6.07, 6.45) is 10.9. The third kappa shape index (κ3) is 5.57. The van der Waals surface area contributed by atoms with E-state index >= 15 is 0 Å². The first-order valence-corrected chi connectivity index (χ1v) is 5.94. The van der Waals surface area contributed by atoms with E-state index in [1.165, 1.54) is 32.1 Å². The van der Waals surface area contributed by atoms with Gasteiger partial charge in [-0.3, -0.25) is 4.79 Å². The van der Waals surface area contributed by atoms with E-state index < -0.39 is 0 Å². The van der Waals surface area contributed by atoms with Crippen molar-refractivity contribution in [2.75, 3.05) is 13.1 Å². The number of hydrogen-bond donors (Lipinski definition) is 2. The molecule has 3 nitrogen and oxygen atoms in total. The van der Waals surface area contributed by atoms with Gasteiger partial charge in [0, 0.05) is 19.5 Å². The number of nitrogens with two attached hydrogens (primary N) is 1. The Morgan fingerprint density at radius 1 is 1.27 bits per heavy atom. The van der Waals surface area contributed by atoms with Crippen LogP contribution in [0.25, 0.3) is 0 Å². The van der Waals surface area contributed by atoms with Crippen molar-refractivity contribution in [3.63, 3.8) is 0 Å². The smallest absolute Gasteiger partial charge is 0.220 e. The molecule has 1 saturated carbocycles. The fraction of sp³-hybridized carbons (Fsp3) is 0.750. The van der Waals surface area contributed by atoms with Gasteiger partial charge in [0.1, 0.15) is 0 Å². The molecule has 1 aliphatic rings. The van der Waals surface area contributed by atoms with Gasteiger partial charge in [0.2, 0.25) is 5.91 Å². The molecule has 0 radical (unpaired) electrons. The fourth-order valence-electron chi connectivity index (χ4n) is 2.08. The molecule has 1 aliphatic carbocycles. The first-order valence-electron chi connectivity index (χ1n) is 5.94. The van der Waals surface area contributed by atoms with E-state index in [0.717, 1.165) is 0 Å². The Kier molecular flexibility index (Phi) is 6.09. The average Bonchev–Trinajstić information content (AvgIpc) is 2.26. The molecule has 3 heteroatoms. The minimum atomic E-state index is 0.184. The summed E-state index contributed by atoms with van der Waals surface area (Å²) in [5, 5.41) is 2.88. The lowest BCUT2D eigenvalue weighted by molar-refractivity contribution is -0.122. The van der Waals surface area contributed by atoms with Crippen LogP contribution in [0.2, 0.25) is 0 Å². The van der Waals surface area contributed by atoms with E-state index in [1.807, 2.05) is 12.2 Å². The Bertz CT molecular complexity index is 208. The topological polar surface area (TPSA) is 55.1 Å². The lowest BCUT2D eigenvalue weighted by Gasteiger charge is -2.20. The summed E-state index contributed by atoms with van der Waals surface area (Å²) in [7, 11) is 0. The zero-order valence-electron chi connectivity index (χ0n) is 9.37. The summed E-state index contributed by atoms with van der Waals surface area (Å²) < 4.78 is 0. The molecule has 0 heterocycles. The molecule has 0 aromatic heterocycles. The highest BCUT2D eigenvalue weighted by molar-refractivity contribution is 5.76. The van der Waals surface area contributed by atoms with Crippen LogP contribution < -0.4 is 11.1 Å². The number of carbonyl (C=O) groups is 1. The van der Waals surface area contributed by atoms with Crippen LogP contribution in [-0.4, -0.2) is 19.0 Å². The number of carbonyl (C=O) groups excluding carboxylic acids is 1. The number of amides is 1. The Morgan fingerprint density at radius 2 is 2.00 bits per heavy atom. The highest BCUT2D eigenvalue weighted by Crippen LogP contribution is 2.25. The number of hydrogen-bond acceptors (Lipinski definition) is 2. The molecule has 0 aliphatic heterocycles. The van der Waals surface area contributed by atoms with E-state index in [0.29, 0.717) is 25.4 Å². The summed E-state index contributed by atoms with van der Waals surface area (Å²) in [6, 6.07) is 0. The minimum absolute atomic E-state index is 0.184. The molecule has 1 amide bonds. The first kappa shape index (κ1) is 12.2. The SMILES string of the molecule is NC/C=C/CNC(=O)CC1CCCCC1. The van der Waals surface area contributed by atoms with Crippen molar-refractivity contribution in [3.05, 3.63) is 12.2 Å². The van der Waals surface area contributed by atoms with Crippen LogP contribution in [0.1, 0.15) is 38.5 Å². The van der Waals surface area contributed by atoms with Gasteiger partial charge >= 0.3 is 0 Å². The zero-order chi connectivity index (χ0) is 10.9. The van der Waals surface area contributed by atoms with Gasteiger partial charge in [0.05, 0.1) is 0 Å². The Labute approximate surface area is 92.1 Å². The highest BCUT2D eigenvalue weighted by Gasteiger charge is 2.16.